The van der Waals surface area contributed by atoms with Gasteiger partial charge in [-0.3, -0.25) is 0 Å². The van der Waals surface area contributed by atoms with Crippen LogP contribution < -0.4 is 5.32 Å². The van der Waals surface area contributed by atoms with Gasteiger partial charge in [-0.2, -0.15) is 0 Å². The molecule has 1 fully saturated rings. The number of aryl methyl sites for hydroxylation is 1. The van der Waals surface area contributed by atoms with E-state index >= 15 is 0 Å². The van der Waals surface area contributed by atoms with Crippen molar-refractivity contribution in [2.75, 3.05) is 26.2 Å². The van der Waals surface area contributed by atoms with Crippen LogP contribution in [0.15, 0.2) is 24.3 Å². The fourth-order valence-electron chi connectivity index (χ4n) is 3.35. The van der Waals surface area contributed by atoms with Crippen molar-refractivity contribution in [2.24, 2.45) is 13.0 Å². The Bertz CT molecular complexity index is 604. The van der Waals surface area contributed by atoms with Crippen LogP contribution in [-0.2, 0) is 7.05 Å². The zero-order valence-electron chi connectivity index (χ0n) is 13.3. The number of imidazole rings is 1. The maximum Gasteiger partial charge on any atom is 0.126 e. The van der Waals surface area contributed by atoms with Crippen LogP contribution >= 0.6 is 0 Å². The van der Waals surface area contributed by atoms with Gasteiger partial charge in [0.25, 0.3) is 0 Å². The van der Waals surface area contributed by atoms with Gasteiger partial charge in [0.15, 0.2) is 0 Å². The Morgan fingerprint density at radius 2 is 2.19 bits per heavy atom. The third-order valence-electron chi connectivity index (χ3n) is 4.74. The second kappa shape index (κ2) is 6.16. The normalized spacial score (nSPS) is 21.2. The highest BCUT2D eigenvalue weighted by molar-refractivity contribution is 5.75. The maximum absolute atomic E-state index is 4.78. The highest BCUT2D eigenvalue weighted by Gasteiger charge is 2.22. The number of rotatable bonds is 5. The van der Waals surface area contributed by atoms with Crippen LogP contribution in [0.3, 0.4) is 0 Å². The monoisotopic (exact) mass is 286 g/mol. The summed E-state index contributed by atoms with van der Waals surface area (Å²) in [7, 11) is 2.11. The second-order valence-corrected chi connectivity index (χ2v) is 6.20. The van der Waals surface area contributed by atoms with Crippen molar-refractivity contribution in [3.63, 3.8) is 0 Å². The average molecular weight is 286 g/mol. The highest BCUT2D eigenvalue weighted by Crippen LogP contribution is 2.20. The summed E-state index contributed by atoms with van der Waals surface area (Å²) in [6.07, 6.45) is 1.32. The lowest BCUT2D eigenvalue weighted by atomic mass is 10.1. The number of nitrogens with one attached hydrogen (secondary N) is 1. The van der Waals surface area contributed by atoms with Crippen molar-refractivity contribution in [2.45, 2.75) is 26.3 Å². The molecule has 1 aliphatic heterocycles. The zero-order valence-corrected chi connectivity index (χ0v) is 13.3. The van der Waals surface area contributed by atoms with E-state index in [1.165, 1.54) is 31.6 Å². The number of hydrogen-bond donors (Lipinski definition) is 1. The van der Waals surface area contributed by atoms with E-state index in [1.54, 1.807) is 0 Å². The molecule has 1 N–H and O–H groups in total. The Balaban J connectivity index is 1.64. The van der Waals surface area contributed by atoms with Gasteiger partial charge in [-0.1, -0.05) is 19.1 Å². The van der Waals surface area contributed by atoms with E-state index in [1.807, 2.05) is 0 Å². The van der Waals surface area contributed by atoms with Crippen LogP contribution in [0, 0.1) is 5.92 Å². The predicted octanol–water partition coefficient (Wildman–Crippen LogP) is 2.57. The van der Waals surface area contributed by atoms with Crippen molar-refractivity contribution >= 4 is 11.0 Å². The number of nitrogens with zero attached hydrogens (tertiary/aromatic N) is 3. The minimum atomic E-state index is 0.290. The van der Waals surface area contributed by atoms with Crippen LogP contribution in [0.5, 0.6) is 0 Å². The number of aromatic nitrogens is 2. The molecule has 2 heterocycles. The highest BCUT2D eigenvalue weighted by atomic mass is 15.2. The molecule has 21 heavy (non-hydrogen) atoms. The Kier molecular flexibility index (Phi) is 4.27. The molecule has 4 nitrogen and oxygen atoms in total. The Morgan fingerprint density at radius 1 is 1.38 bits per heavy atom. The average Bonchev–Trinajstić information content (AvgIpc) is 3.10. The van der Waals surface area contributed by atoms with E-state index < -0.39 is 0 Å². The lowest BCUT2D eigenvalue weighted by Crippen LogP contribution is -2.29. The van der Waals surface area contributed by atoms with Crippen molar-refractivity contribution in [3.05, 3.63) is 30.1 Å². The molecule has 2 atom stereocenters. The molecule has 1 aromatic heterocycles. The van der Waals surface area contributed by atoms with Gasteiger partial charge in [0, 0.05) is 13.6 Å². The van der Waals surface area contributed by atoms with E-state index in [-0.39, 0.29) is 6.04 Å². The summed E-state index contributed by atoms with van der Waals surface area (Å²) in [6, 6.07) is 8.63. The lowest BCUT2D eigenvalue weighted by molar-refractivity contribution is 0.335. The summed E-state index contributed by atoms with van der Waals surface area (Å²) in [5.41, 5.74) is 2.29. The fourth-order valence-corrected chi connectivity index (χ4v) is 3.35. The molecule has 0 saturated carbocycles. The summed E-state index contributed by atoms with van der Waals surface area (Å²) >= 11 is 0. The summed E-state index contributed by atoms with van der Waals surface area (Å²) in [4.78, 5) is 7.31. The van der Waals surface area contributed by atoms with Gasteiger partial charge in [-0.25, -0.2) is 4.98 Å². The first kappa shape index (κ1) is 14.5. The van der Waals surface area contributed by atoms with Gasteiger partial charge in [-0.05, 0) is 51.0 Å². The van der Waals surface area contributed by atoms with Crippen LogP contribution in [0.2, 0.25) is 0 Å². The van der Waals surface area contributed by atoms with E-state index in [0.29, 0.717) is 0 Å². The number of hydrogen-bond acceptors (Lipinski definition) is 3. The number of benzene rings is 1. The quantitative estimate of drug-likeness (QED) is 0.917. The number of fused-ring (bicyclic) bond motifs is 1. The Morgan fingerprint density at radius 3 is 2.90 bits per heavy atom. The van der Waals surface area contributed by atoms with Gasteiger partial charge in [0.2, 0.25) is 0 Å². The molecule has 2 aromatic rings. The lowest BCUT2D eigenvalue weighted by Gasteiger charge is -2.18. The molecular weight excluding hydrogens is 260 g/mol. The molecule has 1 aromatic carbocycles. The molecule has 0 radical (unpaired) electrons. The molecule has 4 heteroatoms. The summed E-state index contributed by atoms with van der Waals surface area (Å²) in [5, 5.41) is 3.68. The van der Waals surface area contributed by atoms with Crippen LogP contribution in [0.25, 0.3) is 11.0 Å². The molecular formula is C17H26N4. The molecule has 114 valence electrons. The first-order valence-electron chi connectivity index (χ1n) is 8.06. The first-order chi connectivity index (χ1) is 10.2. The molecule has 2 unspecified atom stereocenters. The molecule has 0 aliphatic carbocycles. The van der Waals surface area contributed by atoms with E-state index in [0.717, 1.165) is 23.8 Å². The predicted molar refractivity (Wildman–Crippen MR) is 87.4 cm³/mol. The Labute approximate surface area is 127 Å². The smallest absolute Gasteiger partial charge is 0.126 e. The molecule has 1 saturated heterocycles. The van der Waals surface area contributed by atoms with E-state index in [4.69, 9.17) is 4.98 Å². The Hall–Kier alpha value is -1.39. The zero-order chi connectivity index (χ0) is 14.8. The largest absolute Gasteiger partial charge is 0.330 e. The summed E-state index contributed by atoms with van der Waals surface area (Å²) in [6.45, 7) is 9.21. The van der Waals surface area contributed by atoms with Gasteiger partial charge in [0.05, 0.1) is 17.1 Å². The topological polar surface area (TPSA) is 33.1 Å². The second-order valence-electron chi connectivity index (χ2n) is 6.20. The van der Waals surface area contributed by atoms with Gasteiger partial charge in [-0.15, -0.1) is 0 Å². The minimum Gasteiger partial charge on any atom is -0.330 e. The molecule has 3 rings (SSSR count). The van der Waals surface area contributed by atoms with Crippen LogP contribution in [0.1, 0.15) is 32.1 Å². The van der Waals surface area contributed by atoms with Gasteiger partial charge >= 0.3 is 0 Å². The molecule has 1 aliphatic rings. The van der Waals surface area contributed by atoms with Crippen LogP contribution in [-0.4, -0.2) is 40.6 Å². The van der Waals surface area contributed by atoms with Gasteiger partial charge < -0.3 is 14.8 Å². The van der Waals surface area contributed by atoms with E-state index in [9.17, 15) is 0 Å². The minimum absolute atomic E-state index is 0.290. The fraction of sp³-hybridized carbons (Fsp3) is 0.588. The molecule has 0 spiro atoms. The number of likely N-dealkylation sites (tertiary alicyclic amines) is 1. The third-order valence-corrected chi connectivity index (χ3v) is 4.74. The first-order valence-corrected chi connectivity index (χ1v) is 8.06. The number of para-hydroxylation sites is 2. The van der Waals surface area contributed by atoms with E-state index in [2.05, 4.69) is 59.9 Å². The van der Waals surface area contributed by atoms with Crippen LogP contribution in [0.4, 0.5) is 0 Å². The maximum atomic E-state index is 4.78. The summed E-state index contributed by atoms with van der Waals surface area (Å²) < 4.78 is 2.21. The summed E-state index contributed by atoms with van der Waals surface area (Å²) in [5.74, 6) is 1.91. The third kappa shape index (κ3) is 2.97. The van der Waals surface area contributed by atoms with Crippen molar-refractivity contribution < 1.29 is 0 Å². The standard InChI is InChI=1S/C17H26N4/c1-4-21-10-9-14(12-21)11-18-13(2)17-19-15-7-5-6-8-16(15)20(17)3/h5-8,13-14,18H,4,9-12H2,1-3H3. The molecule has 0 amide bonds. The molecule has 0 bridgehead atoms. The van der Waals surface area contributed by atoms with Gasteiger partial charge in [0.1, 0.15) is 5.82 Å². The van der Waals surface area contributed by atoms with Crippen molar-refractivity contribution in [3.8, 4) is 0 Å². The SMILES string of the molecule is CCN1CCC(CNC(C)c2nc3ccccc3n2C)C1. The van der Waals surface area contributed by atoms with Crippen molar-refractivity contribution in [1.29, 1.82) is 0 Å². The van der Waals surface area contributed by atoms with Crippen molar-refractivity contribution in [1.82, 2.24) is 19.8 Å².